The lowest BCUT2D eigenvalue weighted by atomic mass is 10.1. The largest absolute Gasteiger partial charge is 0.380 e. The maximum atomic E-state index is 5.71. The van der Waals surface area contributed by atoms with Crippen LogP contribution in [-0.4, -0.2) is 23.8 Å². The molecule has 0 spiro atoms. The fourth-order valence-corrected chi connectivity index (χ4v) is 2.72. The summed E-state index contributed by atoms with van der Waals surface area (Å²) in [4.78, 5) is 0. The second-order valence-electron chi connectivity index (χ2n) is 5.99. The number of nitrogens with one attached hydrogen (secondary N) is 1. The van der Waals surface area contributed by atoms with Crippen LogP contribution in [0.5, 0.6) is 0 Å². The van der Waals surface area contributed by atoms with Crippen molar-refractivity contribution in [1.82, 2.24) is 9.88 Å². The topological polar surface area (TPSA) is 26.2 Å². The molecular weight excluding hydrogens is 260 g/mol. The molecular formula is C18H26N2O. The third-order valence-electron chi connectivity index (χ3n) is 4.15. The Morgan fingerprint density at radius 2 is 2.14 bits per heavy atom. The van der Waals surface area contributed by atoms with Gasteiger partial charge in [-0.3, -0.25) is 0 Å². The highest BCUT2D eigenvalue weighted by molar-refractivity contribution is 5.83. The van der Waals surface area contributed by atoms with Gasteiger partial charge in [0.15, 0.2) is 0 Å². The van der Waals surface area contributed by atoms with Crippen LogP contribution >= 0.6 is 0 Å². The molecule has 1 N–H and O–H groups in total. The summed E-state index contributed by atoms with van der Waals surface area (Å²) in [5.74, 6) is 0. The van der Waals surface area contributed by atoms with Gasteiger partial charge in [0.05, 0.1) is 12.1 Å². The van der Waals surface area contributed by atoms with Gasteiger partial charge in [-0.25, -0.2) is 0 Å². The summed E-state index contributed by atoms with van der Waals surface area (Å²) in [6.45, 7) is 5.79. The molecule has 3 heteroatoms. The highest BCUT2D eigenvalue weighted by Gasteiger charge is 2.20. The van der Waals surface area contributed by atoms with Crippen molar-refractivity contribution in [3.63, 3.8) is 0 Å². The van der Waals surface area contributed by atoms with Crippen molar-refractivity contribution >= 4 is 10.9 Å². The Bertz CT molecular complexity index is 572. The Kier molecular flexibility index (Phi) is 4.94. The molecule has 0 atom stereocenters. The maximum absolute atomic E-state index is 5.71. The fourth-order valence-electron chi connectivity index (χ4n) is 2.72. The van der Waals surface area contributed by atoms with Gasteiger partial charge in [0.25, 0.3) is 0 Å². The van der Waals surface area contributed by atoms with E-state index in [4.69, 9.17) is 4.74 Å². The summed E-state index contributed by atoms with van der Waals surface area (Å²) >= 11 is 0. The van der Waals surface area contributed by atoms with E-state index in [0.29, 0.717) is 0 Å². The lowest BCUT2D eigenvalue weighted by Crippen LogP contribution is -2.16. The first-order chi connectivity index (χ1) is 10.4. The first-order valence-corrected chi connectivity index (χ1v) is 8.26. The van der Waals surface area contributed by atoms with Gasteiger partial charge in [-0.15, -0.1) is 0 Å². The van der Waals surface area contributed by atoms with E-state index < -0.39 is 0 Å². The molecule has 21 heavy (non-hydrogen) atoms. The normalized spacial score (nSPS) is 14.9. The van der Waals surface area contributed by atoms with E-state index >= 15 is 0 Å². The van der Waals surface area contributed by atoms with Crippen LogP contribution in [0.2, 0.25) is 0 Å². The number of hydrogen-bond donors (Lipinski definition) is 1. The first-order valence-electron chi connectivity index (χ1n) is 8.26. The zero-order valence-corrected chi connectivity index (χ0v) is 13.0. The molecule has 114 valence electrons. The van der Waals surface area contributed by atoms with Gasteiger partial charge in [0.1, 0.15) is 0 Å². The van der Waals surface area contributed by atoms with Crippen molar-refractivity contribution < 1.29 is 4.74 Å². The van der Waals surface area contributed by atoms with E-state index in [1.165, 1.54) is 35.7 Å². The molecule has 0 bridgehead atoms. The van der Waals surface area contributed by atoms with Gasteiger partial charge in [-0.05, 0) is 36.3 Å². The van der Waals surface area contributed by atoms with Crippen molar-refractivity contribution in [3.05, 3.63) is 36.0 Å². The lowest BCUT2D eigenvalue weighted by molar-refractivity contribution is 0.124. The SMILES string of the molecule is CCCCOCCn1ccc2cccc(CNC3CC3)c21. The highest BCUT2D eigenvalue weighted by Crippen LogP contribution is 2.23. The molecule has 0 radical (unpaired) electrons. The van der Waals surface area contributed by atoms with Crippen LogP contribution in [0, 0.1) is 0 Å². The molecule has 0 saturated heterocycles. The Morgan fingerprint density at radius 3 is 2.95 bits per heavy atom. The van der Waals surface area contributed by atoms with Gasteiger partial charge < -0.3 is 14.6 Å². The predicted octanol–water partition coefficient (Wildman–Crippen LogP) is 3.71. The molecule has 1 aromatic heterocycles. The number of benzene rings is 1. The third kappa shape index (κ3) is 3.86. The minimum Gasteiger partial charge on any atom is -0.380 e. The average molecular weight is 286 g/mol. The van der Waals surface area contributed by atoms with Gasteiger partial charge >= 0.3 is 0 Å². The van der Waals surface area contributed by atoms with E-state index in [1.54, 1.807) is 0 Å². The van der Waals surface area contributed by atoms with Crippen LogP contribution in [0.25, 0.3) is 10.9 Å². The fraction of sp³-hybridized carbons (Fsp3) is 0.556. The van der Waals surface area contributed by atoms with Crippen molar-refractivity contribution in [2.45, 2.75) is 51.7 Å². The van der Waals surface area contributed by atoms with Crippen molar-refractivity contribution in [2.75, 3.05) is 13.2 Å². The monoisotopic (exact) mass is 286 g/mol. The second-order valence-corrected chi connectivity index (χ2v) is 5.99. The zero-order chi connectivity index (χ0) is 14.5. The summed E-state index contributed by atoms with van der Waals surface area (Å²) in [5.41, 5.74) is 2.77. The number of rotatable bonds is 9. The molecule has 1 saturated carbocycles. The first kappa shape index (κ1) is 14.6. The minimum atomic E-state index is 0.751. The molecule has 3 rings (SSSR count). The summed E-state index contributed by atoms with van der Waals surface area (Å²) < 4.78 is 8.05. The maximum Gasteiger partial charge on any atom is 0.0645 e. The van der Waals surface area contributed by atoms with Crippen LogP contribution in [-0.2, 0) is 17.8 Å². The molecule has 1 fully saturated rings. The van der Waals surface area contributed by atoms with Crippen LogP contribution in [0.15, 0.2) is 30.5 Å². The predicted molar refractivity (Wildman–Crippen MR) is 87.5 cm³/mol. The number of unbranched alkanes of at least 4 members (excludes halogenated alkanes) is 1. The molecule has 1 heterocycles. The molecule has 0 amide bonds. The van der Waals surface area contributed by atoms with E-state index in [-0.39, 0.29) is 0 Å². The van der Waals surface area contributed by atoms with Gasteiger partial charge in [-0.2, -0.15) is 0 Å². The molecule has 0 unspecified atom stereocenters. The second kappa shape index (κ2) is 7.10. The van der Waals surface area contributed by atoms with Crippen LogP contribution in [0.3, 0.4) is 0 Å². The van der Waals surface area contributed by atoms with E-state index in [1.807, 2.05) is 0 Å². The standard InChI is InChI=1S/C18H26N2O/c1-2-3-12-21-13-11-20-10-9-15-5-4-6-16(18(15)20)14-19-17-7-8-17/h4-6,9-10,17,19H,2-3,7-8,11-14H2,1H3. The molecule has 2 aromatic rings. The molecule has 3 nitrogen and oxygen atoms in total. The lowest BCUT2D eigenvalue weighted by Gasteiger charge is -2.11. The minimum absolute atomic E-state index is 0.751. The van der Waals surface area contributed by atoms with Crippen LogP contribution < -0.4 is 5.32 Å². The number of para-hydroxylation sites is 1. The van der Waals surface area contributed by atoms with Gasteiger partial charge in [0.2, 0.25) is 0 Å². The molecule has 1 aromatic carbocycles. The summed E-state index contributed by atoms with van der Waals surface area (Å²) in [6.07, 6.45) is 7.21. The number of hydrogen-bond acceptors (Lipinski definition) is 2. The van der Waals surface area contributed by atoms with E-state index in [9.17, 15) is 0 Å². The van der Waals surface area contributed by atoms with Gasteiger partial charge in [-0.1, -0.05) is 31.5 Å². The van der Waals surface area contributed by atoms with E-state index in [2.05, 4.69) is 47.3 Å². The summed E-state index contributed by atoms with van der Waals surface area (Å²) in [5, 5.41) is 4.95. The smallest absolute Gasteiger partial charge is 0.0645 e. The van der Waals surface area contributed by atoms with Crippen LogP contribution in [0.4, 0.5) is 0 Å². The Morgan fingerprint density at radius 1 is 1.24 bits per heavy atom. The Balaban J connectivity index is 1.66. The van der Waals surface area contributed by atoms with Crippen molar-refractivity contribution in [1.29, 1.82) is 0 Å². The number of aromatic nitrogens is 1. The van der Waals surface area contributed by atoms with Crippen molar-refractivity contribution in [2.24, 2.45) is 0 Å². The number of nitrogens with zero attached hydrogens (tertiary/aromatic N) is 1. The third-order valence-corrected chi connectivity index (χ3v) is 4.15. The van der Waals surface area contributed by atoms with Gasteiger partial charge in [0, 0.05) is 31.9 Å². The Hall–Kier alpha value is -1.32. The summed E-state index contributed by atoms with van der Waals surface area (Å²) in [6, 6.07) is 9.56. The molecule has 0 aliphatic heterocycles. The number of fused-ring (bicyclic) bond motifs is 1. The Labute approximate surface area is 127 Å². The highest BCUT2D eigenvalue weighted by atomic mass is 16.5. The quantitative estimate of drug-likeness (QED) is 0.711. The number of ether oxygens (including phenoxy) is 1. The summed E-state index contributed by atoms with van der Waals surface area (Å²) in [7, 11) is 0. The molecule has 1 aliphatic rings. The van der Waals surface area contributed by atoms with E-state index in [0.717, 1.165) is 38.8 Å². The molecule has 1 aliphatic carbocycles. The average Bonchev–Trinajstić information content (AvgIpc) is 3.24. The van der Waals surface area contributed by atoms with Crippen LogP contribution in [0.1, 0.15) is 38.2 Å². The van der Waals surface area contributed by atoms with Crippen molar-refractivity contribution in [3.8, 4) is 0 Å². The zero-order valence-electron chi connectivity index (χ0n) is 13.0.